The van der Waals surface area contributed by atoms with Crippen molar-refractivity contribution in [3.05, 3.63) is 40.7 Å². The van der Waals surface area contributed by atoms with Crippen LogP contribution in [-0.4, -0.2) is 30.1 Å². The van der Waals surface area contributed by atoms with E-state index in [0.29, 0.717) is 34.3 Å². The number of rotatable bonds is 4. The number of fused-ring (bicyclic) bond motifs is 1. The molecule has 2 aromatic rings. The fourth-order valence-electron chi connectivity index (χ4n) is 2.45. The predicted molar refractivity (Wildman–Crippen MR) is 78.8 cm³/mol. The first-order chi connectivity index (χ1) is 10.6. The van der Waals surface area contributed by atoms with Gasteiger partial charge in [-0.25, -0.2) is 9.59 Å². The van der Waals surface area contributed by atoms with Gasteiger partial charge in [0.25, 0.3) is 0 Å². The number of esters is 2. The molecule has 0 aliphatic heterocycles. The molecular weight excluding hydrogens is 284 g/mol. The van der Waals surface area contributed by atoms with Crippen molar-refractivity contribution in [2.75, 3.05) is 13.7 Å². The number of carbonyl (C=O) groups is 2. The lowest BCUT2D eigenvalue weighted by Gasteiger charge is -2.04. The van der Waals surface area contributed by atoms with E-state index in [4.69, 9.17) is 9.47 Å². The molecule has 0 fully saturated rings. The second-order valence-electron chi connectivity index (χ2n) is 4.55. The molecule has 0 saturated heterocycles. The van der Waals surface area contributed by atoms with Gasteiger partial charge in [-0.3, -0.25) is 0 Å². The van der Waals surface area contributed by atoms with Crippen LogP contribution in [-0.2, 0) is 15.9 Å². The van der Waals surface area contributed by atoms with Crippen LogP contribution in [0.1, 0.15) is 45.8 Å². The highest BCUT2D eigenvalue weighted by molar-refractivity contribution is 6.01. The lowest BCUT2D eigenvalue weighted by atomic mass is 10.1. The molecule has 6 heteroatoms. The monoisotopic (exact) mass is 300 g/mol. The molecule has 0 unspecified atom stereocenters. The molecule has 0 amide bonds. The topological polar surface area (TPSA) is 80.8 Å². The van der Waals surface area contributed by atoms with Gasteiger partial charge < -0.3 is 13.9 Å². The third-order valence-corrected chi connectivity index (χ3v) is 3.40. The third kappa shape index (κ3) is 2.42. The second kappa shape index (κ2) is 6.31. The highest BCUT2D eigenvalue weighted by Gasteiger charge is 2.24. The summed E-state index contributed by atoms with van der Waals surface area (Å²) in [5, 5.41) is 9.38. The SMILES string of the molecule is CCOC(=O)c1c(CC)c(C#N)n2ccc(C(=O)OC)cc12. The summed E-state index contributed by atoms with van der Waals surface area (Å²) in [6.45, 7) is 3.81. The highest BCUT2D eigenvalue weighted by atomic mass is 16.5. The van der Waals surface area contributed by atoms with Gasteiger partial charge in [-0.1, -0.05) is 6.92 Å². The Morgan fingerprint density at radius 1 is 1.32 bits per heavy atom. The van der Waals surface area contributed by atoms with Gasteiger partial charge in [-0.15, -0.1) is 0 Å². The molecule has 114 valence electrons. The van der Waals surface area contributed by atoms with Crippen LogP contribution in [0.5, 0.6) is 0 Å². The Kier molecular flexibility index (Phi) is 4.47. The molecule has 0 aromatic carbocycles. The number of methoxy groups -OCH3 is 1. The van der Waals surface area contributed by atoms with Crippen LogP contribution in [0.25, 0.3) is 5.52 Å². The normalized spacial score (nSPS) is 10.3. The maximum atomic E-state index is 12.3. The van der Waals surface area contributed by atoms with Crippen LogP contribution >= 0.6 is 0 Å². The van der Waals surface area contributed by atoms with E-state index in [1.54, 1.807) is 23.6 Å². The number of ether oxygens (including phenoxy) is 2. The molecule has 0 spiro atoms. The molecule has 0 radical (unpaired) electrons. The molecule has 0 atom stereocenters. The van der Waals surface area contributed by atoms with Gasteiger partial charge in [-0.05, 0) is 25.5 Å². The predicted octanol–water partition coefficient (Wildman–Crippen LogP) is 2.34. The third-order valence-electron chi connectivity index (χ3n) is 3.40. The van der Waals surface area contributed by atoms with Crippen LogP contribution in [0.2, 0.25) is 0 Å². The number of carbonyl (C=O) groups excluding carboxylic acids is 2. The summed E-state index contributed by atoms with van der Waals surface area (Å²) in [5.74, 6) is -1.00. The minimum Gasteiger partial charge on any atom is -0.465 e. The Hall–Kier alpha value is -2.81. The van der Waals surface area contributed by atoms with Crippen LogP contribution < -0.4 is 0 Å². The number of nitrogens with zero attached hydrogens (tertiary/aromatic N) is 2. The zero-order chi connectivity index (χ0) is 16.3. The second-order valence-corrected chi connectivity index (χ2v) is 4.55. The Morgan fingerprint density at radius 2 is 2.05 bits per heavy atom. The number of nitriles is 1. The molecule has 6 nitrogen and oxygen atoms in total. The molecule has 0 aliphatic rings. The Bertz CT molecular complexity index is 784. The Labute approximate surface area is 127 Å². The first-order valence-corrected chi connectivity index (χ1v) is 6.91. The van der Waals surface area contributed by atoms with Crippen molar-refractivity contribution < 1.29 is 19.1 Å². The van der Waals surface area contributed by atoms with Crippen molar-refractivity contribution >= 4 is 17.5 Å². The number of aromatic nitrogens is 1. The maximum Gasteiger partial charge on any atom is 0.340 e. The average molecular weight is 300 g/mol. The summed E-state index contributed by atoms with van der Waals surface area (Å²) in [6.07, 6.45) is 2.09. The standard InChI is InChI=1S/C16H16N2O4/c1-4-11-13(9-17)18-7-6-10(15(19)21-3)8-12(18)14(11)16(20)22-5-2/h6-8H,4-5H2,1-3H3. The van der Waals surface area contributed by atoms with E-state index in [-0.39, 0.29) is 6.61 Å². The lowest BCUT2D eigenvalue weighted by Crippen LogP contribution is -2.07. The zero-order valence-corrected chi connectivity index (χ0v) is 12.7. The van der Waals surface area contributed by atoms with Crippen LogP contribution in [0.3, 0.4) is 0 Å². The molecule has 2 rings (SSSR count). The summed E-state index contributed by atoms with van der Waals surface area (Å²) in [4.78, 5) is 23.9. The van der Waals surface area contributed by atoms with Gasteiger partial charge in [-0.2, -0.15) is 5.26 Å². The van der Waals surface area contributed by atoms with Gasteiger partial charge >= 0.3 is 11.9 Å². The van der Waals surface area contributed by atoms with Crippen molar-refractivity contribution in [1.82, 2.24) is 4.40 Å². The molecular formula is C16H16N2O4. The molecule has 0 N–H and O–H groups in total. The van der Waals surface area contributed by atoms with Crippen molar-refractivity contribution in [2.24, 2.45) is 0 Å². The van der Waals surface area contributed by atoms with E-state index >= 15 is 0 Å². The van der Waals surface area contributed by atoms with Gasteiger partial charge in [0.1, 0.15) is 11.8 Å². The lowest BCUT2D eigenvalue weighted by molar-refractivity contribution is 0.0526. The summed E-state index contributed by atoms with van der Waals surface area (Å²) in [5.41, 5.74) is 2.09. The van der Waals surface area contributed by atoms with E-state index in [2.05, 4.69) is 6.07 Å². The first-order valence-electron chi connectivity index (χ1n) is 6.91. The highest BCUT2D eigenvalue weighted by Crippen LogP contribution is 2.26. The summed E-state index contributed by atoms with van der Waals surface area (Å²) >= 11 is 0. The fraction of sp³-hybridized carbons (Fsp3) is 0.312. The molecule has 2 aromatic heterocycles. The molecule has 0 bridgehead atoms. The van der Waals surface area contributed by atoms with Crippen molar-refractivity contribution in [3.63, 3.8) is 0 Å². The van der Waals surface area contributed by atoms with E-state index in [0.717, 1.165) is 0 Å². The summed E-state index contributed by atoms with van der Waals surface area (Å²) in [7, 11) is 1.29. The average Bonchev–Trinajstić information content (AvgIpc) is 2.86. The van der Waals surface area contributed by atoms with Crippen LogP contribution in [0.15, 0.2) is 18.3 Å². The molecule has 22 heavy (non-hydrogen) atoms. The van der Waals surface area contributed by atoms with Gasteiger partial charge in [0.2, 0.25) is 0 Å². The molecule has 2 heterocycles. The Balaban J connectivity index is 2.80. The quantitative estimate of drug-likeness (QED) is 0.809. The van der Waals surface area contributed by atoms with Crippen LogP contribution in [0, 0.1) is 11.3 Å². The van der Waals surface area contributed by atoms with Gasteiger partial charge in [0.05, 0.1) is 30.4 Å². The van der Waals surface area contributed by atoms with Crippen molar-refractivity contribution in [1.29, 1.82) is 5.26 Å². The van der Waals surface area contributed by atoms with Gasteiger partial charge in [0, 0.05) is 11.8 Å². The van der Waals surface area contributed by atoms with Crippen molar-refractivity contribution in [3.8, 4) is 6.07 Å². The van der Waals surface area contributed by atoms with E-state index in [1.807, 2.05) is 6.92 Å². The number of hydrogen-bond acceptors (Lipinski definition) is 5. The number of hydrogen-bond donors (Lipinski definition) is 0. The zero-order valence-electron chi connectivity index (χ0n) is 12.7. The molecule has 0 saturated carbocycles. The summed E-state index contributed by atoms with van der Waals surface area (Å²) < 4.78 is 11.4. The minimum atomic E-state index is -0.505. The molecule has 0 aliphatic carbocycles. The Morgan fingerprint density at radius 3 is 2.59 bits per heavy atom. The van der Waals surface area contributed by atoms with E-state index in [9.17, 15) is 14.9 Å². The van der Waals surface area contributed by atoms with Crippen LogP contribution in [0.4, 0.5) is 0 Å². The first kappa shape index (κ1) is 15.6. The number of pyridine rings is 1. The minimum absolute atomic E-state index is 0.234. The maximum absolute atomic E-state index is 12.3. The summed E-state index contributed by atoms with van der Waals surface area (Å²) in [6, 6.07) is 5.20. The van der Waals surface area contributed by atoms with E-state index < -0.39 is 11.9 Å². The van der Waals surface area contributed by atoms with Gasteiger partial charge in [0.15, 0.2) is 0 Å². The van der Waals surface area contributed by atoms with E-state index in [1.165, 1.54) is 13.2 Å². The fourth-order valence-corrected chi connectivity index (χ4v) is 2.45. The largest absolute Gasteiger partial charge is 0.465 e. The van der Waals surface area contributed by atoms with Crippen molar-refractivity contribution in [2.45, 2.75) is 20.3 Å². The smallest absolute Gasteiger partial charge is 0.340 e.